The van der Waals surface area contributed by atoms with Gasteiger partial charge in [-0.05, 0) is 30.2 Å². The average Bonchev–Trinajstić information content (AvgIpc) is 3.00. The van der Waals surface area contributed by atoms with E-state index in [1.165, 1.54) is 4.90 Å². The van der Waals surface area contributed by atoms with Crippen molar-refractivity contribution < 1.29 is 17.9 Å². The first-order valence-electron chi connectivity index (χ1n) is 8.19. The quantitative estimate of drug-likeness (QED) is 0.823. The summed E-state index contributed by atoms with van der Waals surface area (Å²) in [5.74, 6) is 0.615. The highest BCUT2D eigenvalue weighted by Gasteiger charge is 2.33. The first-order chi connectivity index (χ1) is 11.9. The van der Waals surface area contributed by atoms with Gasteiger partial charge >= 0.3 is 0 Å². The second kappa shape index (κ2) is 7.27. The third-order valence-corrected chi connectivity index (χ3v) is 6.16. The molecule has 1 heterocycles. The minimum atomic E-state index is -3.02. The van der Waals surface area contributed by atoms with E-state index in [0.29, 0.717) is 24.3 Å². The van der Waals surface area contributed by atoms with Gasteiger partial charge in [-0.1, -0.05) is 36.4 Å². The topological polar surface area (TPSA) is 63.7 Å². The van der Waals surface area contributed by atoms with E-state index in [-0.39, 0.29) is 23.5 Å². The predicted molar refractivity (Wildman–Crippen MR) is 96.4 cm³/mol. The highest BCUT2D eigenvalue weighted by molar-refractivity contribution is 7.91. The van der Waals surface area contributed by atoms with Gasteiger partial charge in [0.2, 0.25) is 0 Å². The Balaban J connectivity index is 1.67. The molecule has 6 heteroatoms. The van der Waals surface area contributed by atoms with Crippen molar-refractivity contribution in [3.63, 3.8) is 0 Å². The van der Waals surface area contributed by atoms with Crippen LogP contribution in [0.3, 0.4) is 0 Å². The molecule has 0 unspecified atom stereocenters. The Morgan fingerprint density at radius 1 is 1.16 bits per heavy atom. The van der Waals surface area contributed by atoms with E-state index in [2.05, 4.69) is 0 Å². The summed E-state index contributed by atoms with van der Waals surface area (Å²) in [5.41, 5.74) is 1.55. The maximum Gasteiger partial charge on any atom is 0.254 e. The Labute approximate surface area is 148 Å². The molecule has 2 aromatic carbocycles. The van der Waals surface area contributed by atoms with Gasteiger partial charge in [0.25, 0.3) is 5.91 Å². The van der Waals surface area contributed by atoms with Gasteiger partial charge in [0.15, 0.2) is 9.84 Å². The number of ether oxygens (including phenoxy) is 1. The van der Waals surface area contributed by atoms with Gasteiger partial charge in [-0.25, -0.2) is 8.42 Å². The predicted octanol–water partition coefficient (Wildman–Crippen LogP) is 2.52. The second-order valence-corrected chi connectivity index (χ2v) is 8.50. The maximum absolute atomic E-state index is 12.6. The van der Waals surface area contributed by atoms with Gasteiger partial charge in [-0.3, -0.25) is 4.79 Å². The fraction of sp³-hybridized carbons (Fsp3) is 0.316. The van der Waals surface area contributed by atoms with Gasteiger partial charge in [-0.2, -0.15) is 0 Å². The highest BCUT2D eigenvalue weighted by Crippen LogP contribution is 2.21. The molecule has 132 valence electrons. The van der Waals surface area contributed by atoms with Crippen LogP contribution >= 0.6 is 0 Å². The molecule has 0 spiro atoms. The van der Waals surface area contributed by atoms with Crippen LogP contribution in [0.15, 0.2) is 54.6 Å². The lowest BCUT2D eigenvalue weighted by molar-refractivity contribution is 0.0747. The Morgan fingerprint density at radius 3 is 2.60 bits per heavy atom. The average molecular weight is 359 g/mol. The lowest BCUT2D eigenvalue weighted by atomic mass is 10.1. The van der Waals surface area contributed by atoms with Crippen molar-refractivity contribution >= 4 is 15.7 Å². The second-order valence-electron chi connectivity index (χ2n) is 6.28. The van der Waals surface area contributed by atoms with Crippen LogP contribution in [0.2, 0.25) is 0 Å². The molecule has 1 aliphatic rings. The number of hydrogen-bond donors (Lipinski definition) is 0. The van der Waals surface area contributed by atoms with Crippen LogP contribution < -0.4 is 4.74 Å². The molecular weight excluding hydrogens is 338 g/mol. The van der Waals surface area contributed by atoms with Crippen molar-refractivity contribution in [2.24, 2.45) is 0 Å². The number of rotatable bonds is 5. The van der Waals surface area contributed by atoms with Crippen molar-refractivity contribution in [2.75, 3.05) is 18.6 Å². The Hall–Kier alpha value is -2.34. The van der Waals surface area contributed by atoms with E-state index >= 15 is 0 Å². The number of carbonyl (C=O) groups is 1. The molecule has 1 aliphatic heterocycles. The lowest BCUT2D eigenvalue weighted by Gasteiger charge is -2.23. The summed E-state index contributed by atoms with van der Waals surface area (Å²) in [7, 11) is -1.36. The van der Waals surface area contributed by atoms with Gasteiger partial charge in [0, 0.05) is 18.7 Å². The molecule has 1 atom stereocenters. The zero-order valence-corrected chi connectivity index (χ0v) is 14.9. The minimum Gasteiger partial charge on any atom is -0.489 e. The monoisotopic (exact) mass is 359 g/mol. The van der Waals surface area contributed by atoms with Crippen LogP contribution in [0.1, 0.15) is 22.3 Å². The third kappa shape index (κ3) is 4.39. The summed E-state index contributed by atoms with van der Waals surface area (Å²) in [6, 6.07) is 16.5. The van der Waals surface area contributed by atoms with Crippen LogP contribution in [-0.2, 0) is 16.4 Å². The smallest absolute Gasteiger partial charge is 0.254 e. The SMILES string of the molecule is CN(C(=O)c1cccc(OCc2ccccc2)c1)[C@H]1CCS(=O)(=O)C1. The van der Waals surface area contributed by atoms with E-state index in [4.69, 9.17) is 4.74 Å². The van der Waals surface area contributed by atoms with Crippen molar-refractivity contribution in [3.8, 4) is 5.75 Å². The van der Waals surface area contributed by atoms with E-state index in [0.717, 1.165) is 5.56 Å². The van der Waals surface area contributed by atoms with Crippen LogP contribution in [0.4, 0.5) is 0 Å². The first kappa shape index (κ1) is 17.5. The van der Waals surface area contributed by atoms with Crippen LogP contribution in [-0.4, -0.2) is 43.8 Å². The molecule has 1 amide bonds. The van der Waals surface area contributed by atoms with Crippen LogP contribution in [0.25, 0.3) is 0 Å². The first-order valence-corrected chi connectivity index (χ1v) is 10.0. The van der Waals surface area contributed by atoms with E-state index in [1.807, 2.05) is 30.3 Å². The fourth-order valence-electron chi connectivity index (χ4n) is 2.91. The summed E-state index contributed by atoms with van der Waals surface area (Å²) < 4.78 is 29.0. The molecule has 3 rings (SSSR count). The van der Waals surface area contributed by atoms with Crippen molar-refractivity contribution in [1.82, 2.24) is 4.90 Å². The third-order valence-electron chi connectivity index (χ3n) is 4.41. The molecule has 0 radical (unpaired) electrons. The van der Waals surface area contributed by atoms with Gasteiger partial charge in [0.05, 0.1) is 11.5 Å². The Bertz CT molecular complexity index is 849. The van der Waals surface area contributed by atoms with E-state index < -0.39 is 9.84 Å². The number of nitrogens with zero attached hydrogens (tertiary/aromatic N) is 1. The van der Waals surface area contributed by atoms with Crippen LogP contribution in [0.5, 0.6) is 5.75 Å². The van der Waals surface area contributed by atoms with Gasteiger partial charge < -0.3 is 9.64 Å². The number of hydrogen-bond acceptors (Lipinski definition) is 4. The van der Waals surface area contributed by atoms with Crippen molar-refractivity contribution in [1.29, 1.82) is 0 Å². The molecule has 1 fully saturated rings. The molecule has 0 aliphatic carbocycles. The maximum atomic E-state index is 12.6. The molecule has 5 nitrogen and oxygen atoms in total. The molecule has 0 bridgehead atoms. The highest BCUT2D eigenvalue weighted by atomic mass is 32.2. The largest absolute Gasteiger partial charge is 0.489 e. The summed E-state index contributed by atoms with van der Waals surface area (Å²) >= 11 is 0. The summed E-state index contributed by atoms with van der Waals surface area (Å²) in [5, 5.41) is 0. The standard InChI is InChI=1S/C19H21NO4S/c1-20(17-10-11-25(22,23)14-17)19(21)16-8-5-9-18(12-16)24-13-15-6-3-2-4-7-15/h2-9,12,17H,10-11,13-14H2,1H3/t17-/m0/s1. The summed E-state index contributed by atoms with van der Waals surface area (Å²) in [6.45, 7) is 0.426. The normalized spacial score (nSPS) is 18.7. The van der Waals surface area contributed by atoms with Gasteiger partial charge in [-0.15, -0.1) is 0 Å². The Morgan fingerprint density at radius 2 is 1.92 bits per heavy atom. The number of benzene rings is 2. The number of amides is 1. The molecule has 2 aromatic rings. The number of sulfone groups is 1. The zero-order valence-electron chi connectivity index (χ0n) is 14.1. The molecular formula is C19H21NO4S. The van der Waals surface area contributed by atoms with Crippen molar-refractivity contribution in [3.05, 3.63) is 65.7 Å². The fourth-order valence-corrected chi connectivity index (χ4v) is 4.68. The number of carbonyl (C=O) groups excluding carboxylic acids is 1. The molecule has 1 saturated heterocycles. The van der Waals surface area contributed by atoms with Crippen LogP contribution in [0, 0.1) is 0 Å². The molecule has 0 aromatic heterocycles. The van der Waals surface area contributed by atoms with E-state index in [1.54, 1.807) is 31.3 Å². The zero-order chi connectivity index (χ0) is 17.9. The minimum absolute atomic E-state index is 0.0411. The van der Waals surface area contributed by atoms with Gasteiger partial charge in [0.1, 0.15) is 12.4 Å². The van der Waals surface area contributed by atoms with E-state index in [9.17, 15) is 13.2 Å². The summed E-state index contributed by atoms with van der Waals surface area (Å²) in [4.78, 5) is 14.2. The summed E-state index contributed by atoms with van der Waals surface area (Å²) in [6.07, 6.45) is 0.495. The molecule has 0 saturated carbocycles. The molecule has 25 heavy (non-hydrogen) atoms. The lowest BCUT2D eigenvalue weighted by Crippen LogP contribution is -2.37. The molecule has 0 N–H and O–H groups in total. The Kier molecular flexibility index (Phi) is 5.08. The van der Waals surface area contributed by atoms with Crippen molar-refractivity contribution in [2.45, 2.75) is 19.1 Å².